The summed E-state index contributed by atoms with van der Waals surface area (Å²) in [7, 11) is -0.861. The van der Waals surface area contributed by atoms with Gasteiger partial charge in [0.05, 0.1) is 5.52 Å². The van der Waals surface area contributed by atoms with Crippen molar-refractivity contribution in [3.8, 4) is 0 Å². The summed E-state index contributed by atoms with van der Waals surface area (Å²) in [5.74, 6) is -0.682. The number of rotatable bonds is 6. The molecule has 178 valence electrons. The average molecular weight is 481 g/mol. The lowest BCUT2D eigenvalue weighted by atomic mass is 10.1. The lowest BCUT2D eigenvalue weighted by molar-refractivity contribution is -0.128. The fourth-order valence-electron chi connectivity index (χ4n) is 4.02. The summed E-state index contributed by atoms with van der Waals surface area (Å²) in [5, 5.41) is 3.43. The van der Waals surface area contributed by atoms with Crippen LogP contribution in [0.25, 0.3) is 17.0 Å². The lowest BCUT2D eigenvalue weighted by Crippen LogP contribution is -2.41. The molecule has 2 amide bonds. The molecule has 1 aliphatic rings. The number of hydrogen-bond donors (Lipinski definition) is 1. The van der Waals surface area contributed by atoms with Crippen LogP contribution in [0.5, 0.6) is 0 Å². The highest BCUT2D eigenvalue weighted by Gasteiger charge is 2.25. The standard InChI is InChI=1S/C25H28N4O4S/c1-27(2)34(32,33)29-18-20(21-13-7-8-14-23(21)29)17-22(25(31)28-15-9-4-10-16-28)26-24(30)19-11-5-3-6-12-19/h3,5-8,11-14,17-18H,4,9-10,15-16H2,1-2H3,(H,26,30)/b22-17-. The molecule has 2 aromatic carbocycles. The maximum absolute atomic E-state index is 13.4. The van der Waals surface area contributed by atoms with Crippen LogP contribution in [-0.4, -0.2) is 60.6 Å². The first-order chi connectivity index (χ1) is 16.3. The number of likely N-dealkylation sites (tertiary alicyclic amines) is 1. The number of hydrogen-bond acceptors (Lipinski definition) is 4. The molecule has 1 N–H and O–H groups in total. The molecule has 1 fully saturated rings. The Kier molecular flexibility index (Phi) is 6.85. The first-order valence-electron chi connectivity index (χ1n) is 11.2. The van der Waals surface area contributed by atoms with E-state index in [2.05, 4.69) is 5.32 Å². The Morgan fingerprint density at radius 3 is 2.26 bits per heavy atom. The smallest absolute Gasteiger partial charge is 0.307 e. The number of amides is 2. The summed E-state index contributed by atoms with van der Waals surface area (Å²) in [6.07, 6.45) is 5.94. The highest BCUT2D eigenvalue weighted by Crippen LogP contribution is 2.26. The van der Waals surface area contributed by atoms with Crippen molar-refractivity contribution in [2.75, 3.05) is 27.2 Å². The second kappa shape index (κ2) is 9.82. The van der Waals surface area contributed by atoms with Gasteiger partial charge in [-0.1, -0.05) is 36.4 Å². The van der Waals surface area contributed by atoms with Gasteiger partial charge >= 0.3 is 10.2 Å². The van der Waals surface area contributed by atoms with Crippen molar-refractivity contribution in [1.29, 1.82) is 0 Å². The number of para-hydroxylation sites is 1. The van der Waals surface area contributed by atoms with Crippen LogP contribution in [0.2, 0.25) is 0 Å². The van der Waals surface area contributed by atoms with Crippen LogP contribution < -0.4 is 5.32 Å². The topological polar surface area (TPSA) is 91.7 Å². The van der Waals surface area contributed by atoms with Crippen LogP contribution in [0.1, 0.15) is 35.2 Å². The first-order valence-corrected chi connectivity index (χ1v) is 12.6. The van der Waals surface area contributed by atoms with Crippen LogP contribution in [0.3, 0.4) is 0 Å². The molecule has 0 spiro atoms. The van der Waals surface area contributed by atoms with Crippen LogP contribution in [0.15, 0.2) is 66.5 Å². The maximum atomic E-state index is 13.4. The van der Waals surface area contributed by atoms with Gasteiger partial charge in [0.15, 0.2) is 0 Å². The van der Waals surface area contributed by atoms with Gasteiger partial charge in [-0.25, -0.2) is 3.97 Å². The third-order valence-electron chi connectivity index (χ3n) is 5.88. The number of carbonyl (C=O) groups excluding carboxylic acids is 2. The normalized spacial score (nSPS) is 15.0. The van der Waals surface area contributed by atoms with E-state index in [1.165, 1.54) is 24.3 Å². The second-order valence-corrected chi connectivity index (χ2v) is 10.4. The molecule has 2 heterocycles. The zero-order chi connectivity index (χ0) is 24.3. The molecule has 0 aliphatic carbocycles. The van der Waals surface area contributed by atoms with Gasteiger partial charge in [0, 0.05) is 49.9 Å². The van der Waals surface area contributed by atoms with Gasteiger partial charge in [-0.2, -0.15) is 12.7 Å². The number of benzene rings is 2. The van der Waals surface area contributed by atoms with Crippen LogP contribution in [0, 0.1) is 0 Å². The number of aromatic nitrogens is 1. The van der Waals surface area contributed by atoms with Crippen molar-refractivity contribution in [1.82, 2.24) is 18.5 Å². The van der Waals surface area contributed by atoms with Crippen molar-refractivity contribution >= 4 is 39.0 Å². The quantitative estimate of drug-likeness (QED) is 0.549. The summed E-state index contributed by atoms with van der Waals surface area (Å²) in [6, 6.07) is 15.7. The van der Waals surface area contributed by atoms with E-state index in [0.29, 0.717) is 35.1 Å². The van der Waals surface area contributed by atoms with Crippen LogP contribution in [0.4, 0.5) is 0 Å². The Balaban J connectivity index is 1.81. The van der Waals surface area contributed by atoms with E-state index >= 15 is 0 Å². The zero-order valence-corrected chi connectivity index (χ0v) is 20.1. The fourth-order valence-corrected chi connectivity index (χ4v) is 5.02. The Labute approximate surface area is 199 Å². The van der Waals surface area contributed by atoms with E-state index in [1.807, 2.05) is 6.07 Å². The van der Waals surface area contributed by atoms with E-state index in [0.717, 1.165) is 23.6 Å². The number of nitrogens with one attached hydrogen (secondary N) is 1. The fraction of sp³-hybridized carbons (Fsp3) is 0.280. The molecule has 9 heteroatoms. The van der Waals surface area contributed by atoms with E-state index in [1.54, 1.807) is 59.5 Å². The molecular weight excluding hydrogens is 452 g/mol. The summed E-state index contributed by atoms with van der Waals surface area (Å²) in [5.41, 5.74) is 1.55. The SMILES string of the molecule is CN(C)S(=O)(=O)n1cc(/C=C(\NC(=O)c2ccccc2)C(=O)N2CCCCC2)c2ccccc21. The highest BCUT2D eigenvalue weighted by atomic mass is 32.2. The predicted octanol–water partition coefficient (Wildman–Crippen LogP) is 3.08. The zero-order valence-electron chi connectivity index (χ0n) is 19.3. The summed E-state index contributed by atoms with van der Waals surface area (Å²) in [4.78, 5) is 28.1. The Morgan fingerprint density at radius 1 is 0.941 bits per heavy atom. The Morgan fingerprint density at radius 2 is 1.59 bits per heavy atom. The van der Waals surface area contributed by atoms with Crippen LogP contribution in [-0.2, 0) is 15.0 Å². The molecule has 1 saturated heterocycles. The molecule has 3 aromatic rings. The van der Waals surface area contributed by atoms with Crippen molar-refractivity contribution in [3.05, 3.63) is 77.6 Å². The van der Waals surface area contributed by atoms with Crippen molar-refractivity contribution < 1.29 is 18.0 Å². The molecule has 0 atom stereocenters. The summed E-state index contributed by atoms with van der Waals surface area (Å²) in [6.45, 7) is 1.24. The number of piperidine rings is 1. The third-order valence-corrected chi connectivity index (χ3v) is 7.60. The summed E-state index contributed by atoms with van der Waals surface area (Å²) >= 11 is 0. The average Bonchev–Trinajstić information content (AvgIpc) is 3.23. The number of carbonyl (C=O) groups is 2. The maximum Gasteiger partial charge on any atom is 0.307 e. The van der Waals surface area contributed by atoms with Crippen molar-refractivity contribution in [3.63, 3.8) is 0 Å². The number of nitrogens with zero attached hydrogens (tertiary/aromatic N) is 3. The molecule has 8 nitrogen and oxygen atoms in total. The summed E-state index contributed by atoms with van der Waals surface area (Å²) < 4.78 is 28.1. The van der Waals surface area contributed by atoms with E-state index < -0.39 is 16.1 Å². The largest absolute Gasteiger partial charge is 0.337 e. The number of fused-ring (bicyclic) bond motifs is 1. The van der Waals surface area contributed by atoms with Gasteiger partial charge < -0.3 is 10.2 Å². The molecule has 4 rings (SSSR count). The molecular formula is C25H28N4O4S. The van der Waals surface area contributed by atoms with E-state index in [4.69, 9.17) is 0 Å². The minimum atomic E-state index is -3.79. The van der Waals surface area contributed by atoms with Crippen molar-refractivity contribution in [2.24, 2.45) is 0 Å². The first kappa shape index (κ1) is 23.7. The molecule has 34 heavy (non-hydrogen) atoms. The van der Waals surface area contributed by atoms with Gasteiger partial charge in [-0.3, -0.25) is 9.59 Å². The molecule has 0 unspecified atom stereocenters. The third kappa shape index (κ3) is 4.76. The molecule has 1 aliphatic heterocycles. The minimum Gasteiger partial charge on any atom is -0.337 e. The second-order valence-electron chi connectivity index (χ2n) is 8.42. The monoisotopic (exact) mass is 480 g/mol. The molecule has 0 saturated carbocycles. The highest BCUT2D eigenvalue weighted by molar-refractivity contribution is 7.87. The Hall–Kier alpha value is -3.43. The van der Waals surface area contributed by atoms with Gasteiger partial charge in [-0.15, -0.1) is 0 Å². The predicted molar refractivity (Wildman–Crippen MR) is 132 cm³/mol. The van der Waals surface area contributed by atoms with Gasteiger partial charge in [0.25, 0.3) is 11.8 Å². The minimum absolute atomic E-state index is 0.112. The van der Waals surface area contributed by atoms with Crippen molar-refractivity contribution in [2.45, 2.75) is 19.3 Å². The van der Waals surface area contributed by atoms with Gasteiger partial charge in [0.1, 0.15) is 5.70 Å². The molecule has 1 aromatic heterocycles. The van der Waals surface area contributed by atoms with E-state index in [9.17, 15) is 18.0 Å². The van der Waals surface area contributed by atoms with Gasteiger partial charge in [-0.05, 0) is 43.5 Å². The van der Waals surface area contributed by atoms with Crippen LogP contribution >= 0.6 is 0 Å². The molecule has 0 bridgehead atoms. The molecule has 0 radical (unpaired) electrons. The lowest BCUT2D eigenvalue weighted by Gasteiger charge is -2.27. The van der Waals surface area contributed by atoms with E-state index in [-0.39, 0.29) is 11.6 Å². The Bertz CT molecular complexity index is 1340. The van der Waals surface area contributed by atoms with Gasteiger partial charge in [0.2, 0.25) is 0 Å².